The van der Waals surface area contributed by atoms with Gasteiger partial charge in [0.05, 0.1) is 35.6 Å². The highest BCUT2D eigenvalue weighted by Crippen LogP contribution is 2.90. The smallest absolute Gasteiger partial charge is 0.108 e. The molecule has 0 aromatic carbocycles. The molecule has 6 heteroatoms. The summed E-state index contributed by atoms with van der Waals surface area (Å²) in [5.74, 6) is 1.64. The molecule has 14 atom stereocenters. The van der Waals surface area contributed by atoms with Crippen molar-refractivity contribution in [2.24, 2.45) is 57.0 Å². The van der Waals surface area contributed by atoms with Crippen molar-refractivity contribution < 1.29 is 25.2 Å². The molecule has 0 radical (unpaired) electrons. The van der Waals surface area contributed by atoms with Crippen molar-refractivity contribution in [3.05, 3.63) is 0 Å². The van der Waals surface area contributed by atoms with Gasteiger partial charge in [0.2, 0.25) is 0 Å². The molecule has 6 nitrogen and oxygen atoms in total. The first-order valence-corrected chi connectivity index (χ1v) is 14.7. The van der Waals surface area contributed by atoms with Gasteiger partial charge in [-0.1, -0.05) is 34.6 Å². The highest BCUT2D eigenvalue weighted by molar-refractivity contribution is 5.37. The Morgan fingerprint density at radius 1 is 0.944 bits per heavy atom. The van der Waals surface area contributed by atoms with Gasteiger partial charge in [0.1, 0.15) is 6.10 Å². The van der Waals surface area contributed by atoms with Crippen LogP contribution in [0.3, 0.4) is 0 Å². The molecule has 0 bridgehead atoms. The molecule has 5 aliphatic carbocycles. The molecule has 6 rings (SSSR count). The largest absolute Gasteiger partial charge is 0.393 e. The van der Waals surface area contributed by atoms with E-state index < -0.39 is 35.6 Å². The molecule has 6 aliphatic rings. The third-order valence-electron chi connectivity index (χ3n) is 14.0. The van der Waals surface area contributed by atoms with E-state index in [0.717, 1.165) is 38.5 Å². The second kappa shape index (κ2) is 7.28. The second-order valence-electron chi connectivity index (χ2n) is 15.6. The maximum atomic E-state index is 12.1. The Balaban J connectivity index is 1.39. The van der Waals surface area contributed by atoms with Gasteiger partial charge in [0.25, 0.3) is 0 Å². The van der Waals surface area contributed by atoms with Gasteiger partial charge < -0.3 is 30.9 Å². The van der Waals surface area contributed by atoms with E-state index in [9.17, 15) is 20.4 Å². The van der Waals surface area contributed by atoms with E-state index in [-0.39, 0.29) is 45.5 Å². The Labute approximate surface area is 217 Å². The fraction of sp³-hybridized carbons (Fsp3) is 1.00. The lowest BCUT2D eigenvalue weighted by molar-refractivity contribution is -0.201. The van der Waals surface area contributed by atoms with Crippen molar-refractivity contribution in [1.29, 1.82) is 0 Å². The van der Waals surface area contributed by atoms with Gasteiger partial charge in [0, 0.05) is 0 Å². The number of rotatable bonds is 2. The number of nitrogens with two attached hydrogens (primary N) is 1. The summed E-state index contributed by atoms with van der Waals surface area (Å²) in [7, 11) is 0. The molecule has 206 valence electrons. The van der Waals surface area contributed by atoms with Crippen molar-refractivity contribution in [1.82, 2.24) is 0 Å². The first-order valence-electron chi connectivity index (χ1n) is 14.7. The lowest BCUT2D eigenvalue weighted by Crippen LogP contribution is -2.70. The Kier molecular flexibility index (Phi) is 5.26. The van der Waals surface area contributed by atoms with E-state index in [0.29, 0.717) is 18.3 Å². The average molecular weight is 506 g/mol. The highest BCUT2D eigenvalue weighted by atomic mass is 16.5. The van der Waals surface area contributed by atoms with Crippen LogP contribution in [0.25, 0.3) is 0 Å². The van der Waals surface area contributed by atoms with Gasteiger partial charge in [-0.3, -0.25) is 0 Å². The first kappa shape index (κ1) is 26.0. The van der Waals surface area contributed by atoms with Crippen LogP contribution in [-0.4, -0.2) is 62.1 Å². The normalized spacial score (nSPS) is 60.2. The van der Waals surface area contributed by atoms with Crippen LogP contribution in [0, 0.1) is 51.2 Å². The Hall–Kier alpha value is -0.240. The van der Waals surface area contributed by atoms with E-state index in [2.05, 4.69) is 34.6 Å². The van der Waals surface area contributed by atoms with Crippen LogP contribution in [0.5, 0.6) is 0 Å². The highest BCUT2D eigenvalue weighted by Gasteiger charge is 2.88. The molecule has 2 spiro atoms. The maximum absolute atomic E-state index is 12.1. The van der Waals surface area contributed by atoms with E-state index in [1.165, 1.54) is 0 Å². The van der Waals surface area contributed by atoms with Gasteiger partial charge in [0.15, 0.2) is 0 Å². The summed E-state index contributed by atoms with van der Waals surface area (Å²) >= 11 is 0. The molecule has 1 saturated heterocycles. The lowest BCUT2D eigenvalue weighted by Gasteiger charge is -2.63. The van der Waals surface area contributed by atoms with Crippen LogP contribution in [0.4, 0.5) is 0 Å². The monoisotopic (exact) mass is 505 g/mol. The van der Waals surface area contributed by atoms with Crippen molar-refractivity contribution in [3.8, 4) is 0 Å². The predicted octanol–water partition coefficient (Wildman–Crippen LogP) is 3.23. The van der Waals surface area contributed by atoms with Gasteiger partial charge in [-0.05, 0) is 110 Å². The molecule has 1 aliphatic heterocycles. The van der Waals surface area contributed by atoms with E-state index >= 15 is 0 Å². The molecule has 36 heavy (non-hydrogen) atoms. The number of hydrogen-bond donors (Lipinski definition) is 5. The predicted molar refractivity (Wildman–Crippen MR) is 138 cm³/mol. The summed E-state index contributed by atoms with van der Waals surface area (Å²) in [6, 6.07) is 0. The number of hydrogen-bond acceptors (Lipinski definition) is 6. The Morgan fingerprint density at radius 2 is 1.56 bits per heavy atom. The summed E-state index contributed by atoms with van der Waals surface area (Å²) in [6.45, 7) is 14.8. The van der Waals surface area contributed by atoms with E-state index in [4.69, 9.17) is 10.5 Å². The van der Waals surface area contributed by atoms with Gasteiger partial charge in [-0.2, -0.15) is 0 Å². The van der Waals surface area contributed by atoms with Crippen LogP contribution in [0.15, 0.2) is 0 Å². The molecule has 0 unspecified atom stereocenters. The van der Waals surface area contributed by atoms with Crippen LogP contribution in [-0.2, 0) is 4.74 Å². The molecule has 0 aromatic rings. The molecule has 6 fully saturated rings. The summed E-state index contributed by atoms with van der Waals surface area (Å²) < 4.78 is 6.54. The zero-order chi connectivity index (χ0) is 26.4. The fourth-order valence-corrected chi connectivity index (χ4v) is 12.4. The van der Waals surface area contributed by atoms with Crippen molar-refractivity contribution in [2.45, 2.75) is 135 Å². The number of aliphatic hydroxyl groups excluding tert-OH is 3. The third kappa shape index (κ3) is 2.61. The van der Waals surface area contributed by atoms with Crippen LogP contribution < -0.4 is 5.73 Å². The summed E-state index contributed by atoms with van der Waals surface area (Å²) in [5.41, 5.74) is 5.62. The zero-order valence-corrected chi connectivity index (χ0v) is 23.5. The quantitative estimate of drug-likeness (QED) is 0.394. The lowest BCUT2D eigenvalue weighted by atomic mass is 9.43. The molecule has 0 aromatic heterocycles. The van der Waals surface area contributed by atoms with Gasteiger partial charge >= 0.3 is 0 Å². The van der Waals surface area contributed by atoms with E-state index in [1.807, 2.05) is 0 Å². The fourth-order valence-electron chi connectivity index (χ4n) is 12.4. The second-order valence-corrected chi connectivity index (χ2v) is 15.6. The number of aliphatic hydroxyl groups is 4. The molecule has 0 amide bonds. The van der Waals surface area contributed by atoms with Gasteiger partial charge in [-0.15, -0.1) is 0 Å². The molecule has 1 heterocycles. The zero-order valence-electron chi connectivity index (χ0n) is 23.5. The molecular formula is C30H51NO5. The topological polar surface area (TPSA) is 116 Å². The molecule has 6 N–H and O–H groups in total. The van der Waals surface area contributed by atoms with Crippen molar-refractivity contribution in [3.63, 3.8) is 0 Å². The number of ether oxygens (including phenoxy) is 1. The third-order valence-corrected chi connectivity index (χ3v) is 14.0. The van der Waals surface area contributed by atoms with Gasteiger partial charge in [-0.25, -0.2) is 0 Å². The summed E-state index contributed by atoms with van der Waals surface area (Å²) in [4.78, 5) is 0. The minimum absolute atomic E-state index is 0.0934. The molecular weight excluding hydrogens is 454 g/mol. The number of fused-ring (bicyclic) bond motifs is 4. The van der Waals surface area contributed by atoms with Crippen LogP contribution >= 0.6 is 0 Å². The first-order chi connectivity index (χ1) is 16.5. The summed E-state index contributed by atoms with van der Waals surface area (Å²) in [5, 5.41) is 44.5. The van der Waals surface area contributed by atoms with Crippen LogP contribution in [0.1, 0.15) is 93.4 Å². The average Bonchev–Trinajstić information content (AvgIpc) is 3.27. The van der Waals surface area contributed by atoms with Crippen LogP contribution in [0.2, 0.25) is 0 Å². The van der Waals surface area contributed by atoms with E-state index in [1.54, 1.807) is 13.8 Å². The minimum atomic E-state index is -1.27. The standard InChI is InChI=1S/C30H51NO5/c1-15-14-17(23(33)26(5,6)35)36-22-21(15)27(7)12-13-29-16(2)28(29)11-10-20(32)25(3,4)18(28)8-9-19(29)30(27,31)24(22)34/h15-24,32-35H,8-14,31H2,1-7H3/t15-,16-,17-,18+,19-,20+,21+,22-,23-,24+,27-,28-,29+,30+/m1/s1. The Morgan fingerprint density at radius 3 is 2.19 bits per heavy atom. The SMILES string of the molecule is C[C@H]1[C@@]23CC[C@]4(C)[C@@H]5[C@@H](O[C@@H]([C@@H](O)C(C)(C)O)C[C@H]5C)[C@H](O)[C@@]4(N)[C@@H]2CC[C@H]2C(C)(C)[C@@H](O)CC[C@@]123. The van der Waals surface area contributed by atoms with Crippen molar-refractivity contribution in [2.75, 3.05) is 0 Å². The summed E-state index contributed by atoms with van der Waals surface area (Å²) in [6.07, 6.45) is 3.81. The van der Waals surface area contributed by atoms with Crippen molar-refractivity contribution >= 4 is 0 Å². The molecule has 5 saturated carbocycles. The Bertz CT molecular complexity index is 933. The minimum Gasteiger partial charge on any atom is -0.393 e. The maximum Gasteiger partial charge on any atom is 0.108 e.